The van der Waals surface area contributed by atoms with Gasteiger partial charge in [-0.25, -0.2) is 0 Å². The molecule has 0 radical (unpaired) electrons. The van der Waals surface area contributed by atoms with E-state index in [1.165, 1.54) is 5.56 Å². The maximum atomic E-state index is 9.72. The summed E-state index contributed by atoms with van der Waals surface area (Å²) in [7, 11) is 3.61. The van der Waals surface area contributed by atoms with Crippen LogP contribution in [0.1, 0.15) is 16.7 Å². The van der Waals surface area contributed by atoms with Crippen LogP contribution in [-0.4, -0.2) is 38.5 Å². The molecule has 0 bridgehead atoms. The zero-order chi connectivity index (χ0) is 14.7. The van der Waals surface area contributed by atoms with Crippen LogP contribution < -0.4 is 15.4 Å². The second-order valence-corrected chi connectivity index (χ2v) is 5.63. The number of hydrogen-bond donors (Lipinski definition) is 2. The van der Waals surface area contributed by atoms with Gasteiger partial charge < -0.3 is 20.5 Å². The van der Waals surface area contributed by atoms with Gasteiger partial charge in [-0.3, -0.25) is 0 Å². The molecule has 0 heterocycles. The SMILES string of the molecule is COc1c(C)c(C)c(Br)c(C)c1N(C)CC(O)CN. The quantitative estimate of drug-likeness (QED) is 0.868. The summed E-state index contributed by atoms with van der Waals surface area (Å²) in [5.41, 5.74) is 9.84. The molecule has 0 saturated heterocycles. The first-order valence-electron chi connectivity index (χ1n) is 6.27. The minimum absolute atomic E-state index is 0.248. The van der Waals surface area contributed by atoms with Crippen molar-refractivity contribution >= 4 is 21.6 Å². The van der Waals surface area contributed by atoms with E-state index in [0.717, 1.165) is 27.0 Å². The highest BCUT2D eigenvalue weighted by Crippen LogP contribution is 2.41. The van der Waals surface area contributed by atoms with Gasteiger partial charge >= 0.3 is 0 Å². The fraction of sp³-hybridized carbons (Fsp3) is 0.571. The Morgan fingerprint density at radius 1 is 1.26 bits per heavy atom. The Morgan fingerprint density at radius 2 is 1.84 bits per heavy atom. The van der Waals surface area contributed by atoms with Crippen LogP contribution in [0.4, 0.5) is 5.69 Å². The largest absolute Gasteiger partial charge is 0.494 e. The molecule has 0 aromatic heterocycles. The monoisotopic (exact) mass is 330 g/mol. The lowest BCUT2D eigenvalue weighted by Gasteiger charge is -2.28. The molecule has 0 fully saturated rings. The Kier molecular flexibility index (Phi) is 5.64. The second kappa shape index (κ2) is 6.59. The summed E-state index contributed by atoms with van der Waals surface area (Å²) in [6.45, 7) is 6.86. The zero-order valence-corrected chi connectivity index (χ0v) is 13.8. The third-order valence-corrected chi connectivity index (χ3v) is 4.66. The molecule has 1 rings (SSSR count). The minimum atomic E-state index is -0.547. The van der Waals surface area contributed by atoms with Gasteiger partial charge in [-0.15, -0.1) is 0 Å². The first-order valence-corrected chi connectivity index (χ1v) is 7.06. The Balaban J connectivity index is 3.33. The maximum Gasteiger partial charge on any atom is 0.145 e. The number of nitrogens with zero attached hydrogens (tertiary/aromatic N) is 1. The fourth-order valence-electron chi connectivity index (χ4n) is 2.26. The molecule has 5 heteroatoms. The standard InChI is InChI=1S/C14H23BrN2O2/c1-8-9(2)14(19-5)13(10(3)12(8)15)17(4)7-11(18)6-16/h11,18H,6-7,16H2,1-5H3. The van der Waals surface area contributed by atoms with E-state index in [0.29, 0.717) is 6.54 Å². The molecule has 0 spiro atoms. The molecule has 4 nitrogen and oxygen atoms in total. The first-order chi connectivity index (χ1) is 8.84. The van der Waals surface area contributed by atoms with E-state index < -0.39 is 6.10 Å². The Morgan fingerprint density at radius 3 is 2.32 bits per heavy atom. The summed E-state index contributed by atoms with van der Waals surface area (Å²) in [6.07, 6.45) is -0.547. The van der Waals surface area contributed by atoms with Crippen molar-refractivity contribution in [2.24, 2.45) is 5.73 Å². The zero-order valence-electron chi connectivity index (χ0n) is 12.2. The molecular formula is C14H23BrN2O2. The third kappa shape index (κ3) is 3.22. The van der Waals surface area contributed by atoms with E-state index in [1.807, 2.05) is 25.8 Å². The van der Waals surface area contributed by atoms with Crippen molar-refractivity contribution in [1.29, 1.82) is 0 Å². The Hall–Kier alpha value is -0.780. The lowest BCUT2D eigenvalue weighted by Crippen LogP contribution is -2.34. The molecule has 0 aliphatic rings. The number of aliphatic hydroxyl groups excluding tert-OH is 1. The fourth-order valence-corrected chi connectivity index (χ4v) is 2.74. The number of aliphatic hydroxyl groups is 1. The lowest BCUT2D eigenvalue weighted by atomic mass is 10.0. The highest BCUT2D eigenvalue weighted by atomic mass is 79.9. The molecule has 108 valence electrons. The molecule has 19 heavy (non-hydrogen) atoms. The number of halogens is 1. The van der Waals surface area contributed by atoms with E-state index in [4.69, 9.17) is 10.5 Å². The van der Waals surface area contributed by atoms with Crippen LogP contribution in [0.15, 0.2) is 4.47 Å². The van der Waals surface area contributed by atoms with Gasteiger partial charge in [0.05, 0.1) is 18.9 Å². The van der Waals surface area contributed by atoms with Gasteiger partial charge in [-0.2, -0.15) is 0 Å². The Labute approximate surface area is 123 Å². The van der Waals surface area contributed by atoms with E-state index in [1.54, 1.807) is 7.11 Å². The first kappa shape index (κ1) is 16.3. The highest BCUT2D eigenvalue weighted by molar-refractivity contribution is 9.10. The molecule has 0 saturated carbocycles. The van der Waals surface area contributed by atoms with Crippen molar-refractivity contribution in [1.82, 2.24) is 0 Å². The number of hydrogen-bond acceptors (Lipinski definition) is 4. The average molecular weight is 331 g/mol. The summed E-state index contributed by atoms with van der Waals surface area (Å²) in [4.78, 5) is 1.99. The van der Waals surface area contributed by atoms with E-state index in [-0.39, 0.29) is 6.54 Å². The summed E-state index contributed by atoms with van der Waals surface area (Å²) in [5.74, 6) is 0.852. The van der Waals surface area contributed by atoms with Gasteiger partial charge in [0.1, 0.15) is 5.75 Å². The topological polar surface area (TPSA) is 58.7 Å². The number of rotatable bonds is 5. The van der Waals surface area contributed by atoms with Crippen molar-refractivity contribution < 1.29 is 9.84 Å². The number of methoxy groups -OCH3 is 1. The summed E-state index contributed by atoms with van der Waals surface area (Å²) >= 11 is 3.63. The molecule has 0 amide bonds. The summed E-state index contributed by atoms with van der Waals surface area (Å²) in [5, 5.41) is 9.72. The molecule has 0 aliphatic carbocycles. The van der Waals surface area contributed by atoms with Gasteiger partial charge in [-0.1, -0.05) is 15.9 Å². The van der Waals surface area contributed by atoms with Crippen molar-refractivity contribution in [3.05, 3.63) is 21.2 Å². The van der Waals surface area contributed by atoms with Crippen molar-refractivity contribution in [3.63, 3.8) is 0 Å². The molecule has 1 unspecified atom stereocenters. The number of ether oxygens (including phenoxy) is 1. The van der Waals surface area contributed by atoms with Crippen molar-refractivity contribution in [2.45, 2.75) is 26.9 Å². The van der Waals surface area contributed by atoms with Crippen LogP contribution in [-0.2, 0) is 0 Å². The third-order valence-electron chi connectivity index (χ3n) is 3.47. The van der Waals surface area contributed by atoms with Gasteiger partial charge in [0.25, 0.3) is 0 Å². The van der Waals surface area contributed by atoms with Crippen molar-refractivity contribution in [3.8, 4) is 5.75 Å². The van der Waals surface area contributed by atoms with Crippen LogP contribution in [0.3, 0.4) is 0 Å². The molecule has 1 aromatic rings. The summed E-state index contributed by atoms with van der Waals surface area (Å²) in [6, 6.07) is 0. The molecule has 1 atom stereocenters. The number of nitrogens with two attached hydrogens (primary N) is 1. The highest BCUT2D eigenvalue weighted by Gasteiger charge is 2.20. The van der Waals surface area contributed by atoms with Crippen LogP contribution in [0.5, 0.6) is 5.75 Å². The summed E-state index contributed by atoms with van der Waals surface area (Å²) < 4.78 is 6.63. The molecule has 3 N–H and O–H groups in total. The van der Waals surface area contributed by atoms with Gasteiger partial charge in [0.15, 0.2) is 0 Å². The minimum Gasteiger partial charge on any atom is -0.494 e. The van der Waals surface area contributed by atoms with Crippen LogP contribution >= 0.6 is 15.9 Å². The van der Waals surface area contributed by atoms with Crippen molar-refractivity contribution in [2.75, 3.05) is 32.1 Å². The molecule has 1 aromatic carbocycles. The molecular weight excluding hydrogens is 308 g/mol. The average Bonchev–Trinajstić information content (AvgIpc) is 2.39. The van der Waals surface area contributed by atoms with Crippen LogP contribution in [0.2, 0.25) is 0 Å². The predicted octanol–water partition coefficient (Wildman–Crippen LogP) is 2.14. The number of anilines is 1. The second-order valence-electron chi connectivity index (χ2n) is 4.84. The van der Waals surface area contributed by atoms with Crippen LogP contribution in [0, 0.1) is 20.8 Å². The van der Waals surface area contributed by atoms with E-state index >= 15 is 0 Å². The number of likely N-dealkylation sites (N-methyl/N-ethyl adjacent to an activating group) is 1. The van der Waals surface area contributed by atoms with Gasteiger partial charge in [0, 0.05) is 24.6 Å². The Bertz CT molecular complexity index is 463. The van der Waals surface area contributed by atoms with Gasteiger partial charge in [-0.05, 0) is 37.5 Å². The lowest BCUT2D eigenvalue weighted by molar-refractivity contribution is 0.189. The van der Waals surface area contributed by atoms with Gasteiger partial charge in [0.2, 0.25) is 0 Å². The maximum absolute atomic E-state index is 9.72. The van der Waals surface area contributed by atoms with Crippen LogP contribution in [0.25, 0.3) is 0 Å². The number of benzene rings is 1. The predicted molar refractivity (Wildman–Crippen MR) is 83.2 cm³/mol. The van der Waals surface area contributed by atoms with E-state index in [9.17, 15) is 5.11 Å². The van der Waals surface area contributed by atoms with E-state index in [2.05, 4.69) is 22.9 Å². The normalized spacial score (nSPS) is 12.4. The molecule has 0 aliphatic heterocycles. The smallest absolute Gasteiger partial charge is 0.145 e.